The average Bonchev–Trinajstić information content (AvgIpc) is 2.49. The molecule has 0 saturated heterocycles. The van der Waals surface area contributed by atoms with Crippen molar-refractivity contribution in [1.82, 2.24) is 4.57 Å². The van der Waals surface area contributed by atoms with E-state index in [-0.39, 0.29) is 5.58 Å². The third-order valence-corrected chi connectivity index (χ3v) is 4.47. The number of halogens is 2. The molecule has 0 amide bonds. The van der Waals surface area contributed by atoms with Crippen molar-refractivity contribution in [3.63, 3.8) is 0 Å². The molecular formula is C16H11Br2NO3. The largest absolute Gasteiger partial charge is 0.427 e. The topological polar surface area (TPSA) is 52.2 Å². The summed E-state index contributed by atoms with van der Waals surface area (Å²) in [7, 11) is 0. The van der Waals surface area contributed by atoms with Crippen LogP contribution in [-0.2, 0) is 6.42 Å². The van der Waals surface area contributed by atoms with Gasteiger partial charge in [-0.1, -0.05) is 41.1 Å². The summed E-state index contributed by atoms with van der Waals surface area (Å²) in [6, 6.07) is 10.7. The number of hydrogen-bond acceptors (Lipinski definition) is 3. The normalized spacial score (nSPS) is 11.0. The quantitative estimate of drug-likeness (QED) is 0.623. The minimum absolute atomic E-state index is 0.253. The van der Waals surface area contributed by atoms with E-state index < -0.39 is 11.3 Å². The Kier molecular flexibility index (Phi) is 4.06. The van der Waals surface area contributed by atoms with Crippen LogP contribution in [-0.4, -0.2) is 4.57 Å². The second kappa shape index (κ2) is 5.85. The maximum atomic E-state index is 12.8. The molecule has 0 unspecified atom stereocenters. The Morgan fingerprint density at radius 2 is 1.86 bits per heavy atom. The van der Waals surface area contributed by atoms with E-state index in [2.05, 4.69) is 31.9 Å². The highest BCUT2D eigenvalue weighted by atomic mass is 79.9. The first-order chi connectivity index (χ1) is 10.5. The third kappa shape index (κ3) is 2.46. The molecule has 112 valence electrons. The number of aromatic nitrogens is 1. The molecule has 1 heterocycles. The lowest BCUT2D eigenvalue weighted by molar-refractivity contribution is 0.501. The molecule has 22 heavy (non-hydrogen) atoms. The number of para-hydroxylation sites is 1. The predicted molar refractivity (Wildman–Crippen MR) is 92.9 cm³/mol. The van der Waals surface area contributed by atoms with E-state index >= 15 is 0 Å². The molecule has 3 rings (SSSR count). The van der Waals surface area contributed by atoms with Crippen LogP contribution in [0.3, 0.4) is 0 Å². The van der Waals surface area contributed by atoms with Gasteiger partial charge in [-0.15, -0.1) is 0 Å². The molecule has 3 aromatic rings. The van der Waals surface area contributed by atoms with E-state index in [1.165, 1.54) is 0 Å². The first-order valence-electron chi connectivity index (χ1n) is 6.66. The zero-order valence-electron chi connectivity index (χ0n) is 11.6. The monoisotopic (exact) mass is 423 g/mol. The van der Waals surface area contributed by atoms with Gasteiger partial charge in [0.15, 0.2) is 5.58 Å². The Balaban J connectivity index is 2.46. The fraction of sp³-hybridized carbons (Fsp3) is 0.125. The Bertz CT molecular complexity index is 989. The fourth-order valence-corrected chi connectivity index (χ4v) is 3.70. The zero-order chi connectivity index (χ0) is 15.9. The zero-order valence-corrected chi connectivity index (χ0v) is 14.8. The van der Waals surface area contributed by atoms with Crippen molar-refractivity contribution in [2.75, 3.05) is 0 Å². The van der Waals surface area contributed by atoms with Crippen molar-refractivity contribution < 1.29 is 4.42 Å². The first-order valence-corrected chi connectivity index (χ1v) is 8.24. The molecule has 0 saturated carbocycles. The Morgan fingerprint density at radius 1 is 1.14 bits per heavy atom. The molecule has 0 aliphatic carbocycles. The lowest BCUT2D eigenvalue weighted by Crippen LogP contribution is -2.31. The maximum Gasteiger partial charge on any atom is 0.427 e. The number of hydrogen-bond donors (Lipinski definition) is 0. The number of benzene rings is 2. The van der Waals surface area contributed by atoms with Crippen molar-refractivity contribution in [2.45, 2.75) is 13.3 Å². The van der Waals surface area contributed by atoms with E-state index in [0.29, 0.717) is 22.0 Å². The van der Waals surface area contributed by atoms with Crippen LogP contribution in [0.1, 0.15) is 12.5 Å². The van der Waals surface area contributed by atoms with Crippen LogP contribution >= 0.6 is 31.9 Å². The van der Waals surface area contributed by atoms with E-state index in [1.54, 1.807) is 24.3 Å². The van der Waals surface area contributed by atoms with Gasteiger partial charge in [-0.25, -0.2) is 9.36 Å². The van der Waals surface area contributed by atoms with Crippen LogP contribution in [0.15, 0.2) is 59.3 Å². The molecule has 0 N–H and O–H groups in total. The van der Waals surface area contributed by atoms with Gasteiger partial charge in [-0.3, -0.25) is 4.79 Å². The van der Waals surface area contributed by atoms with Gasteiger partial charge in [-0.05, 0) is 46.1 Å². The van der Waals surface area contributed by atoms with Gasteiger partial charge in [0, 0.05) is 4.47 Å². The molecule has 0 aliphatic heterocycles. The first kappa shape index (κ1) is 15.2. The van der Waals surface area contributed by atoms with E-state index in [9.17, 15) is 9.59 Å². The molecule has 2 aromatic carbocycles. The molecular weight excluding hydrogens is 414 g/mol. The van der Waals surface area contributed by atoms with Gasteiger partial charge in [0.2, 0.25) is 0 Å². The summed E-state index contributed by atoms with van der Waals surface area (Å²) in [5, 5.41) is 0.340. The van der Waals surface area contributed by atoms with Crippen molar-refractivity contribution >= 4 is 42.8 Å². The lowest BCUT2D eigenvalue weighted by atomic mass is 10.1. The summed E-state index contributed by atoms with van der Waals surface area (Å²) in [6.07, 6.45) is 0.711. The highest BCUT2D eigenvalue weighted by Gasteiger charge is 2.16. The average molecular weight is 425 g/mol. The molecule has 6 heteroatoms. The number of fused-ring (bicyclic) bond motifs is 1. The second-order valence-corrected chi connectivity index (χ2v) is 6.53. The highest BCUT2D eigenvalue weighted by molar-refractivity contribution is 9.11. The summed E-state index contributed by atoms with van der Waals surface area (Å²) < 4.78 is 7.72. The predicted octanol–water partition coefficient (Wildman–Crippen LogP) is 4.03. The van der Waals surface area contributed by atoms with E-state index in [1.807, 2.05) is 19.1 Å². The van der Waals surface area contributed by atoms with Gasteiger partial charge in [0.1, 0.15) is 0 Å². The van der Waals surface area contributed by atoms with Crippen LogP contribution < -0.4 is 11.3 Å². The molecule has 0 bridgehead atoms. The van der Waals surface area contributed by atoms with Crippen LogP contribution in [0.2, 0.25) is 0 Å². The highest BCUT2D eigenvalue weighted by Crippen LogP contribution is 2.26. The minimum atomic E-state index is -0.693. The van der Waals surface area contributed by atoms with E-state index in [4.69, 9.17) is 4.42 Å². The summed E-state index contributed by atoms with van der Waals surface area (Å²) >= 11 is 6.66. The molecule has 0 spiro atoms. The lowest BCUT2D eigenvalue weighted by Gasteiger charge is -2.10. The molecule has 0 fully saturated rings. The summed E-state index contributed by atoms with van der Waals surface area (Å²) in [5.41, 5.74) is 1.32. The summed E-state index contributed by atoms with van der Waals surface area (Å²) in [6.45, 7) is 1.97. The van der Waals surface area contributed by atoms with Crippen LogP contribution in [0, 0.1) is 0 Å². The Hall–Kier alpha value is -1.66. The van der Waals surface area contributed by atoms with Gasteiger partial charge < -0.3 is 4.42 Å². The van der Waals surface area contributed by atoms with Crippen molar-refractivity contribution in [2.24, 2.45) is 0 Å². The molecule has 1 aromatic heterocycles. The Labute approximate surface area is 142 Å². The minimum Gasteiger partial charge on any atom is -0.408 e. The van der Waals surface area contributed by atoms with Crippen molar-refractivity contribution in [3.8, 4) is 5.69 Å². The van der Waals surface area contributed by atoms with Gasteiger partial charge in [0.05, 0.1) is 15.5 Å². The maximum absolute atomic E-state index is 12.8. The number of aryl methyl sites for hydroxylation is 1. The smallest absolute Gasteiger partial charge is 0.408 e. The SMILES string of the molecule is CCc1ccccc1-n1c(=O)oc2c(Br)cc(Br)cc2c1=O. The van der Waals surface area contributed by atoms with Crippen molar-refractivity contribution in [1.29, 1.82) is 0 Å². The molecule has 0 atom stereocenters. The van der Waals surface area contributed by atoms with Crippen LogP contribution in [0.5, 0.6) is 0 Å². The molecule has 0 radical (unpaired) electrons. The third-order valence-electron chi connectivity index (χ3n) is 3.43. The molecule has 0 aliphatic rings. The molecule has 4 nitrogen and oxygen atoms in total. The van der Waals surface area contributed by atoms with Crippen molar-refractivity contribution in [3.05, 3.63) is 71.8 Å². The van der Waals surface area contributed by atoms with Gasteiger partial charge in [0.25, 0.3) is 5.56 Å². The fourth-order valence-electron chi connectivity index (χ4n) is 2.39. The van der Waals surface area contributed by atoms with E-state index in [0.717, 1.165) is 14.6 Å². The summed E-state index contributed by atoms with van der Waals surface area (Å²) in [4.78, 5) is 25.1. The van der Waals surface area contributed by atoms with Gasteiger partial charge >= 0.3 is 5.76 Å². The standard InChI is InChI=1S/C16H11Br2NO3/c1-2-9-5-3-4-6-13(9)19-15(20)11-7-10(17)8-12(18)14(11)22-16(19)21/h3-8H,2H2,1H3. The second-order valence-electron chi connectivity index (χ2n) is 4.76. The Morgan fingerprint density at radius 3 is 2.59 bits per heavy atom. The van der Waals surface area contributed by atoms with Gasteiger partial charge in [-0.2, -0.15) is 0 Å². The number of nitrogens with zero attached hydrogens (tertiary/aromatic N) is 1. The summed E-state index contributed by atoms with van der Waals surface area (Å²) in [5.74, 6) is -0.693. The van der Waals surface area contributed by atoms with Crippen LogP contribution in [0.4, 0.5) is 0 Å². The van der Waals surface area contributed by atoms with Crippen LogP contribution in [0.25, 0.3) is 16.7 Å². The number of rotatable bonds is 2.